The van der Waals surface area contributed by atoms with Crippen molar-refractivity contribution >= 4 is 5.91 Å². The lowest BCUT2D eigenvalue weighted by atomic mass is 9.81. The molecule has 0 unspecified atom stereocenters. The van der Waals surface area contributed by atoms with Crippen molar-refractivity contribution in [1.82, 2.24) is 4.90 Å². The summed E-state index contributed by atoms with van der Waals surface area (Å²) >= 11 is 0. The Morgan fingerprint density at radius 1 is 1.19 bits per heavy atom. The average molecular weight is 298 g/mol. The van der Waals surface area contributed by atoms with Crippen LogP contribution in [0.3, 0.4) is 0 Å². The molecular formula is C16H30N2O3. The van der Waals surface area contributed by atoms with Crippen LogP contribution in [0, 0.1) is 0 Å². The maximum Gasteiger partial charge on any atom is 0.242 e. The van der Waals surface area contributed by atoms with Gasteiger partial charge in [-0.2, -0.15) is 0 Å². The van der Waals surface area contributed by atoms with Crippen LogP contribution in [0.4, 0.5) is 0 Å². The number of hydrogen-bond donors (Lipinski definition) is 1. The number of nitrogens with two attached hydrogens (primary N) is 1. The van der Waals surface area contributed by atoms with Crippen molar-refractivity contribution in [2.24, 2.45) is 5.73 Å². The van der Waals surface area contributed by atoms with E-state index in [1.165, 1.54) is 6.42 Å². The molecule has 1 saturated heterocycles. The molecule has 5 nitrogen and oxygen atoms in total. The van der Waals surface area contributed by atoms with Gasteiger partial charge in [-0.15, -0.1) is 0 Å². The van der Waals surface area contributed by atoms with E-state index in [1.54, 1.807) is 0 Å². The molecule has 1 aliphatic heterocycles. The highest BCUT2D eigenvalue weighted by Gasteiger charge is 2.39. The van der Waals surface area contributed by atoms with Crippen molar-refractivity contribution in [3.05, 3.63) is 0 Å². The molecule has 2 rings (SSSR count). The van der Waals surface area contributed by atoms with Crippen molar-refractivity contribution < 1.29 is 14.3 Å². The van der Waals surface area contributed by atoms with E-state index >= 15 is 0 Å². The third-order valence-electron chi connectivity index (χ3n) is 4.69. The van der Waals surface area contributed by atoms with Gasteiger partial charge in [-0.25, -0.2) is 0 Å². The number of likely N-dealkylation sites (tertiary alicyclic amines) is 1. The lowest BCUT2D eigenvalue weighted by molar-refractivity contribution is -0.141. The Labute approximate surface area is 128 Å². The molecule has 0 atom stereocenters. The van der Waals surface area contributed by atoms with E-state index in [2.05, 4.69) is 0 Å². The first kappa shape index (κ1) is 16.7. The fourth-order valence-corrected chi connectivity index (χ4v) is 3.36. The van der Waals surface area contributed by atoms with E-state index in [9.17, 15) is 4.79 Å². The van der Waals surface area contributed by atoms with Crippen molar-refractivity contribution in [1.29, 1.82) is 0 Å². The molecule has 5 heteroatoms. The van der Waals surface area contributed by atoms with Gasteiger partial charge in [-0.05, 0) is 32.6 Å². The average Bonchev–Trinajstić information content (AvgIpc) is 2.52. The van der Waals surface area contributed by atoms with Crippen LogP contribution >= 0.6 is 0 Å². The maximum atomic E-state index is 12.6. The number of carbonyl (C=O) groups is 1. The van der Waals surface area contributed by atoms with Crippen LogP contribution in [-0.4, -0.2) is 55.4 Å². The Hall–Kier alpha value is -0.650. The summed E-state index contributed by atoms with van der Waals surface area (Å²) < 4.78 is 11.1. The van der Waals surface area contributed by atoms with Crippen LogP contribution in [0.5, 0.6) is 0 Å². The Morgan fingerprint density at radius 2 is 1.86 bits per heavy atom. The minimum atomic E-state index is -0.596. The van der Waals surface area contributed by atoms with Crippen LogP contribution in [0.2, 0.25) is 0 Å². The number of hydrogen-bond acceptors (Lipinski definition) is 4. The lowest BCUT2D eigenvalue weighted by Gasteiger charge is -2.39. The van der Waals surface area contributed by atoms with Crippen LogP contribution in [0.1, 0.15) is 51.9 Å². The van der Waals surface area contributed by atoms with E-state index in [1.807, 2.05) is 11.8 Å². The van der Waals surface area contributed by atoms with Crippen LogP contribution < -0.4 is 5.73 Å². The predicted octanol–water partition coefficient (Wildman–Crippen LogP) is 1.69. The van der Waals surface area contributed by atoms with E-state index in [4.69, 9.17) is 15.2 Å². The smallest absolute Gasteiger partial charge is 0.242 e. The number of piperidine rings is 1. The van der Waals surface area contributed by atoms with Gasteiger partial charge in [0.2, 0.25) is 5.91 Å². The van der Waals surface area contributed by atoms with Crippen LogP contribution in [0.25, 0.3) is 0 Å². The first-order valence-corrected chi connectivity index (χ1v) is 8.43. The molecule has 1 heterocycles. The second-order valence-corrected chi connectivity index (χ2v) is 6.28. The highest BCUT2D eigenvalue weighted by molar-refractivity contribution is 5.86. The largest absolute Gasteiger partial charge is 0.379 e. The second-order valence-electron chi connectivity index (χ2n) is 6.28. The van der Waals surface area contributed by atoms with Gasteiger partial charge in [0.1, 0.15) is 0 Å². The van der Waals surface area contributed by atoms with Crippen molar-refractivity contribution in [2.45, 2.75) is 63.5 Å². The third kappa shape index (κ3) is 4.66. The second kappa shape index (κ2) is 8.11. The summed E-state index contributed by atoms with van der Waals surface area (Å²) in [6.07, 6.45) is 7.14. The SMILES string of the molecule is CCOCCOC1CCN(C(=O)C2(N)CCCCC2)CC1. The van der Waals surface area contributed by atoms with Gasteiger partial charge in [0.25, 0.3) is 0 Å². The van der Waals surface area contributed by atoms with Gasteiger partial charge >= 0.3 is 0 Å². The molecule has 0 aromatic carbocycles. The van der Waals surface area contributed by atoms with Crippen molar-refractivity contribution in [3.8, 4) is 0 Å². The topological polar surface area (TPSA) is 64.8 Å². The standard InChI is InChI=1S/C16H30N2O3/c1-2-20-12-13-21-14-6-10-18(11-7-14)15(19)16(17)8-4-3-5-9-16/h14H,2-13,17H2,1H3. The van der Waals surface area contributed by atoms with Crippen molar-refractivity contribution in [2.75, 3.05) is 32.9 Å². The predicted molar refractivity (Wildman–Crippen MR) is 82.1 cm³/mol. The molecule has 0 spiro atoms. The number of amides is 1. The summed E-state index contributed by atoms with van der Waals surface area (Å²) in [5.41, 5.74) is 5.75. The Kier molecular flexibility index (Phi) is 6.45. The summed E-state index contributed by atoms with van der Waals surface area (Å²) in [7, 11) is 0. The zero-order valence-electron chi connectivity index (χ0n) is 13.3. The Balaban J connectivity index is 1.71. The molecule has 0 bridgehead atoms. The minimum absolute atomic E-state index is 0.162. The number of nitrogens with zero attached hydrogens (tertiary/aromatic N) is 1. The molecule has 2 aliphatic rings. The minimum Gasteiger partial charge on any atom is -0.379 e. The molecule has 21 heavy (non-hydrogen) atoms. The van der Waals surface area contributed by atoms with E-state index < -0.39 is 5.54 Å². The molecule has 2 fully saturated rings. The highest BCUT2D eigenvalue weighted by atomic mass is 16.5. The Morgan fingerprint density at radius 3 is 2.48 bits per heavy atom. The molecule has 122 valence electrons. The molecule has 0 radical (unpaired) electrons. The highest BCUT2D eigenvalue weighted by Crippen LogP contribution is 2.29. The Bertz CT molecular complexity index is 321. The number of ether oxygens (including phenoxy) is 2. The first-order valence-electron chi connectivity index (χ1n) is 8.43. The van der Waals surface area contributed by atoms with Crippen LogP contribution in [-0.2, 0) is 14.3 Å². The van der Waals surface area contributed by atoms with E-state index in [0.717, 1.165) is 58.2 Å². The van der Waals surface area contributed by atoms with Gasteiger partial charge in [-0.1, -0.05) is 19.3 Å². The molecule has 2 N–H and O–H groups in total. The molecule has 0 aromatic rings. The lowest BCUT2D eigenvalue weighted by Crippen LogP contribution is -2.58. The number of carbonyl (C=O) groups excluding carboxylic acids is 1. The summed E-state index contributed by atoms with van der Waals surface area (Å²) in [4.78, 5) is 14.6. The summed E-state index contributed by atoms with van der Waals surface area (Å²) in [6, 6.07) is 0. The van der Waals surface area contributed by atoms with Gasteiger partial charge in [0.05, 0.1) is 24.9 Å². The normalized spacial score (nSPS) is 23.2. The molecular weight excluding hydrogens is 268 g/mol. The molecule has 1 aliphatic carbocycles. The van der Waals surface area contributed by atoms with Gasteiger partial charge in [-0.3, -0.25) is 4.79 Å². The van der Waals surface area contributed by atoms with E-state index in [0.29, 0.717) is 13.2 Å². The zero-order chi connectivity index (χ0) is 15.1. The van der Waals surface area contributed by atoms with Gasteiger partial charge in [0.15, 0.2) is 0 Å². The molecule has 0 aromatic heterocycles. The molecule has 1 amide bonds. The zero-order valence-corrected chi connectivity index (χ0v) is 13.3. The molecule has 1 saturated carbocycles. The summed E-state index contributed by atoms with van der Waals surface area (Å²) in [6.45, 7) is 5.57. The maximum absolute atomic E-state index is 12.6. The summed E-state index contributed by atoms with van der Waals surface area (Å²) in [5, 5.41) is 0. The fourth-order valence-electron chi connectivity index (χ4n) is 3.36. The van der Waals surface area contributed by atoms with E-state index in [-0.39, 0.29) is 12.0 Å². The first-order chi connectivity index (χ1) is 10.2. The third-order valence-corrected chi connectivity index (χ3v) is 4.69. The van der Waals surface area contributed by atoms with Crippen molar-refractivity contribution in [3.63, 3.8) is 0 Å². The van der Waals surface area contributed by atoms with Crippen LogP contribution in [0.15, 0.2) is 0 Å². The monoisotopic (exact) mass is 298 g/mol. The number of rotatable bonds is 6. The van der Waals surface area contributed by atoms with Gasteiger partial charge < -0.3 is 20.1 Å². The van der Waals surface area contributed by atoms with Gasteiger partial charge in [0, 0.05) is 19.7 Å². The fraction of sp³-hybridized carbons (Fsp3) is 0.938. The quantitative estimate of drug-likeness (QED) is 0.758. The summed E-state index contributed by atoms with van der Waals surface area (Å²) in [5.74, 6) is 0.162.